The number of aryl methyl sites for hydroxylation is 1. The molecule has 5 heteroatoms. The van der Waals surface area contributed by atoms with Crippen LogP contribution < -0.4 is 11.1 Å². The molecule has 0 saturated heterocycles. The van der Waals surface area contributed by atoms with E-state index in [0.29, 0.717) is 11.6 Å². The highest BCUT2D eigenvalue weighted by Crippen LogP contribution is 2.21. The summed E-state index contributed by atoms with van der Waals surface area (Å²) >= 11 is 5.96. The first-order chi connectivity index (χ1) is 9.47. The van der Waals surface area contributed by atoms with E-state index in [2.05, 4.69) is 5.32 Å². The monoisotopic (exact) mass is 292 g/mol. The maximum atomic E-state index is 13.2. The molecule has 0 saturated carbocycles. The molecule has 0 spiro atoms. The minimum absolute atomic E-state index is 0.269. The second-order valence-electron chi connectivity index (χ2n) is 4.48. The number of benzene rings is 2. The van der Waals surface area contributed by atoms with Gasteiger partial charge in [-0.1, -0.05) is 17.7 Å². The van der Waals surface area contributed by atoms with Gasteiger partial charge in [-0.25, -0.2) is 4.39 Å². The Morgan fingerprint density at radius 3 is 2.70 bits per heavy atom. The lowest BCUT2D eigenvalue weighted by Crippen LogP contribution is -2.11. The van der Waals surface area contributed by atoms with Gasteiger partial charge in [0, 0.05) is 12.2 Å². The zero-order valence-electron chi connectivity index (χ0n) is 10.9. The van der Waals surface area contributed by atoms with Crippen LogP contribution in [0.15, 0.2) is 36.4 Å². The summed E-state index contributed by atoms with van der Waals surface area (Å²) in [6.45, 7) is 2.38. The maximum Gasteiger partial charge on any atom is 0.250 e. The Balaban J connectivity index is 2.13. The maximum absolute atomic E-state index is 13.2. The summed E-state index contributed by atoms with van der Waals surface area (Å²) in [6.07, 6.45) is 0. The molecule has 0 heterocycles. The van der Waals surface area contributed by atoms with E-state index < -0.39 is 5.91 Å². The molecule has 0 fully saturated rings. The Bertz CT molecular complexity index is 658. The quantitative estimate of drug-likeness (QED) is 0.906. The molecule has 1 amide bonds. The third-order valence-electron chi connectivity index (χ3n) is 3.03. The molecule has 2 aromatic carbocycles. The number of rotatable bonds is 4. The summed E-state index contributed by atoms with van der Waals surface area (Å²) in [6, 6.07) is 9.54. The van der Waals surface area contributed by atoms with Gasteiger partial charge in [0.1, 0.15) is 5.82 Å². The molecule has 0 bridgehead atoms. The van der Waals surface area contributed by atoms with Crippen molar-refractivity contribution in [3.63, 3.8) is 0 Å². The van der Waals surface area contributed by atoms with Crippen molar-refractivity contribution < 1.29 is 9.18 Å². The minimum atomic E-state index is -0.567. The van der Waals surface area contributed by atoms with Crippen LogP contribution >= 0.6 is 11.6 Å². The van der Waals surface area contributed by atoms with Gasteiger partial charge >= 0.3 is 0 Å². The molecule has 2 rings (SSSR count). The molecule has 0 aromatic heterocycles. The van der Waals surface area contributed by atoms with E-state index in [1.165, 1.54) is 12.1 Å². The molecule has 0 aliphatic heterocycles. The number of carbonyl (C=O) groups is 1. The zero-order chi connectivity index (χ0) is 14.7. The van der Waals surface area contributed by atoms with E-state index in [1.54, 1.807) is 24.3 Å². The number of primary amides is 1. The summed E-state index contributed by atoms with van der Waals surface area (Å²) < 4.78 is 13.2. The average Bonchev–Trinajstić information content (AvgIpc) is 2.39. The van der Waals surface area contributed by atoms with E-state index in [0.717, 1.165) is 16.8 Å². The molecule has 20 heavy (non-hydrogen) atoms. The van der Waals surface area contributed by atoms with Crippen molar-refractivity contribution in [3.05, 3.63) is 63.9 Å². The number of amides is 1. The molecule has 0 aliphatic carbocycles. The molecule has 104 valence electrons. The summed E-state index contributed by atoms with van der Waals surface area (Å²) in [4.78, 5) is 11.1. The Hall–Kier alpha value is -2.07. The topological polar surface area (TPSA) is 55.1 Å². The van der Waals surface area contributed by atoms with Gasteiger partial charge in [-0.15, -0.1) is 0 Å². The third-order valence-corrected chi connectivity index (χ3v) is 3.34. The fraction of sp³-hybridized carbons (Fsp3) is 0.133. The van der Waals surface area contributed by atoms with Crippen molar-refractivity contribution in [2.45, 2.75) is 13.5 Å². The van der Waals surface area contributed by atoms with Gasteiger partial charge in [-0.3, -0.25) is 4.79 Å². The predicted molar refractivity (Wildman–Crippen MR) is 78.4 cm³/mol. The lowest BCUT2D eigenvalue weighted by Gasteiger charge is -2.10. The van der Waals surface area contributed by atoms with E-state index in [9.17, 15) is 9.18 Å². The Kier molecular flexibility index (Phi) is 4.25. The summed E-state index contributed by atoms with van der Waals surface area (Å²) in [5.74, 6) is -0.836. The van der Waals surface area contributed by atoms with Crippen LogP contribution in [-0.2, 0) is 6.54 Å². The number of anilines is 1. The number of carbonyl (C=O) groups excluding carboxylic acids is 1. The van der Waals surface area contributed by atoms with Crippen LogP contribution in [0, 0.1) is 12.7 Å². The van der Waals surface area contributed by atoms with E-state index in [1.807, 2.05) is 6.92 Å². The van der Waals surface area contributed by atoms with Gasteiger partial charge in [0.15, 0.2) is 0 Å². The molecular formula is C15H14ClFN2O. The van der Waals surface area contributed by atoms with Gasteiger partial charge in [-0.2, -0.15) is 0 Å². The molecule has 3 N–H and O–H groups in total. The first-order valence-corrected chi connectivity index (χ1v) is 6.43. The molecular weight excluding hydrogens is 279 g/mol. The second-order valence-corrected chi connectivity index (χ2v) is 4.89. The van der Waals surface area contributed by atoms with E-state index in [-0.39, 0.29) is 11.4 Å². The van der Waals surface area contributed by atoms with Gasteiger partial charge < -0.3 is 11.1 Å². The molecule has 0 atom stereocenters. The van der Waals surface area contributed by atoms with Gasteiger partial charge in [-0.05, 0) is 48.4 Å². The molecule has 2 aromatic rings. The van der Waals surface area contributed by atoms with Crippen LogP contribution in [-0.4, -0.2) is 5.91 Å². The number of nitrogens with one attached hydrogen (secondary N) is 1. The molecule has 0 radical (unpaired) electrons. The largest absolute Gasteiger partial charge is 0.381 e. The Labute approximate surface area is 121 Å². The van der Waals surface area contributed by atoms with Gasteiger partial charge in [0.25, 0.3) is 0 Å². The lowest BCUT2D eigenvalue weighted by atomic mass is 10.1. The standard InChI is InChI=1S/C15H14ClFN2O/c1-9-2-3-11(17)6-10(9)8-19-12-4-5-13(15(18)20)14(16)7-12/h2-7,19H,8H2,1H3,(H2,18,20). The average molecular weight is 293 g/mol. The van der Waals surface area contributed by atoms with Crippen molar-refractivity contribution in [1.82, 2.24) is 0 Å². The van der Waals surface area contributed by atoms with Crippen LogP contribution in [0.25, 0.3) is 0 Å². The Morgan fingerprint density at radius 2 is 2.05 bits per heavy atom. The third kappa shape index (κ3) is 3.27. The SMILES string of the molecule is Cc1ccc(F)cc1CNc1ccc(C(N)=O)c(Cl)c1. The lowest BCUT2D eigenvalue weighted by molar-refractivity contribution is 0.100. The van der Waals surface area contributed by atoms with Crippen LogP contribution in [0.3, 0.4) is 0 Å². The van der Waals surface area contributed by atoms with Gasteiger partial charge in [0.05, 0.1) is 10.6 Å². The summed E-state index contributed by atoms with van der Waals surface area (Å²) in [7, 11) is 0. The van der Waals surface area contributed by atoms with Crippen molar-refractivity contribution in [3.8, 4) is 0 Å². The minimum Gasteiger partial charge on any atom is -0.381 e. The zero-order valence-corrected chi connectivity index (χ0v) is 11.7. The first-order valence-electron chi connectivity index (χ1n) is 6.05. The van der Waals surface area contributed by atoms with E-state index >= 15 is 0 Å². The summed E-state index contributed by atoms with van der Waals surface area (Å²) in [5.41, 5.74) is 8.06. The number of hydrogen-bond acceptors (Lipinski definition) is 2. The summed E-state index contributed by atoms with van der Waals surface area (Å²) in [5, 5.41) is 3.42. The number of halogens is 2. The fourth-order valence-corrected chi connectivity index (χ4v) is 2.13. The molecule has 0 unspecified atom stereocenters. The smallest absolute Gasteiger partial charge is 0.250 e. The fourth-order valence-electron chi connectivity index (χ4n) is 1.85. The molecule has 0 aliphatic rings. The van der Waals surface area contributed by atoms with Gasteiger partial charge in [0.2, 0.25) is 5.91 Å². The van der Waals surface area contributed by atoms with Crippen LogP contribution in [0.2, 0.25) is 5.02 Å². The first kappa shape index (κ1) is 14.3. The number of hydrogen-bond donors (Lipinski definition) is 2. The molecule has 3 nitrogen and oxygen atoms in total. The Morgan fingerprint density at radius 1 is 1.30 bits per heavy atom. The van der Waals surface area contributed by atoms with Crippen molar-refractivity contribution >= 4 is 23.2 Å². The highest BCUT2D eigenvalue weighted by atomic mass is 35.5. The highest BCUT2D eigenvalue weighted by Gasteiger charge is 2.07. The number of nitrogens with two attached hydrogens (primary N) is 1. The van der Waals surface area contributed by atoms with Crippen molar-refractivity contribution in [1.29, 1.82) is 0 Å². The normalized spacial score (nSPS) is 10.3. The predicted octanol–water partition coefficient (Wildman–Crippen LogP) is 3.50. The van der Waals surface area contributed by atoms with Crippen LogP contribution in [0.4, 0.5) is 10.1 Å². The van der Waals surface area contributed by atoms with Crippen molar-refractivity contribution in [2.24, 2.45) is 5.73 Å². The van der Waals surface area contributed by atoms with Crippen LogP contribution in [0.1, 0.15) is 21.5 Å². The second kappa shape index (κ2) is 5.92. The highest BCUT2D eigenvalue weighted by molar-refractivity contribution is 6.34. The van der Waals surface area contributed by atoms with Crippen molar-refractivity contribution in [2.75, 3.05) is 5.32 Å². The van der Waals surface area contributed by atoms with E-state index in [4.69, 9.17) is 17.3 Å². The van der Waals surface area contributed by atoms with Crippen LogP contribution in [0.5, 0.6) is 0 Å².